The van der Waals surface area contributed by atoms with Gasteiger partial charge in [-0.2, -0.15) is 0 Å². The van der Waals surface area contributed by atoms with Gasteiger partial charge in [-0.25, -0.2) is 13.1 Å². The lowest BCUT2D eigenvalue weighted by Gasteiger charge is -2.14. The molecule has 0 aliphatic carbocycles. The van der Waals surface area contributed by atoms with Crippen LogP contribution in [0.5, 0.6) is 23.0 Å². The number of hydrogen-bond donors (Lipinski definition) is 1. The van der Waals surface area contributed by atoms with Crippen molar-refractivity contribution in [1.82, 2.24) is 4.72 Å². The monoisotopic (exact) mass is 391 g/mol. The van der Waals surface area contributed by atoms with Crippen molar-refractivity contribution in [1.29, 1.82) is 0 Å². The van der Waals surface area contributed by atoms with Gasteiger partial charge < -0.3 is 18.9 Å². The molecule has 0 atom stereocenters. The van der Waals surface area contributed by atoms with Crippen LogP contribution < -0.4 is 23.7 Å². The zero-order valence-electron chi connectivity index (χ0n) is 15.0. The lowest BCUT2D eigenvalue weighted by molar-refractivity contribution is 0.321. The van der Waals surface area contributed by atoms with E-state index in [0.717, 1.165) is 11.3 Å². The van der Waals surface area contributed by atoms with E-state index in [4.69, 9.17) is 18.9 Å². The predicted molar refractivity (Wildman–Crippen MR) is 98.5 cm³/mol. The molecule has 2 aromatic rings. The van der Waals surface area contributed by atoms with E-state index in [0.29, 0.717) is 48.9 Å². The molecule has 2 aliphatic rings. The second kappa shape index (κ2) is 7.28. The van der Waals surface area contributed by atoms with Crippen LogP contribution in [0, 0.1) is 0 Å². The van der Waals surface area contributed by atoms with Gasteiger partial charge in [-0.1, -0.05) is 0 Å². The second-order valence-corrected chi connectivity index (χ2v) is 7.99. The Morgan fingerprint density at radius 2 is 1.81 bits per heavy atom. The Bertz CT molecular complexity index is 907. The summed E-state index contributed by atoms with van der Waals surface area (Å²) in [5.41, 5.74) is 1.57. The minimum absolute atomic E-state index is 0.146. The van der Waals surface area contributed by atoms with Crippen LogP contribution in [0.1, 0.15) is 11.1 Å². The van der Waals surface area contributed by atoms with E-state index >= 15 is 0 Å². The van der Waals surface area contributed by atoms with Crippen LogP contribution in [-0.2, 0) is 22.9 Å². The molecule has 1 N–H and O–H groups in total. The minimum atomic E-state index is -3.73. The van der Waals surface area contributed by atoms with E-state index in [9.17, 15) is 8.42 Å². The van der Waals surface area contributed by atoms with Crippen LogP contribution >= 0.6 is 0 Å². The van der Waals surface area contributed by atoms with Crippen molar-refractivity contribution in [3.63, 3.8) is 0 Å². The van der Waals surface area contributed by atoms with Gasteiger partial charge >= 0.3 is 0 Å². The standard InChI is InChI=1S/C19H21NO6S/c1-23-14-2-4-15(5-3-14)24-11-8-20-27(21,22)19-16-7-10-25-17(16)12-13-6-9-26-18(13)19/h2-5,12,20H,6-11H2,1H3. The molecule has 2 aliphatic heterocycles. The van der Waals surface area contributed by atoms with Crippen LogP contribution in [0.3, 0.4) is 0 Å². The first-order valence-corrected chi connectivity index (χ1v) is 10.3. The average molecular weight is 391 g/mol. The number of nitrogens with one attached hydrogen (secondary N) is 1. The van der Waals surface area contributed by atoms with Gasteiger partial charge in [0.1, 0.15) is 34.5 Å². The van der Waals surface area contributed by atoms with Gasteiger partial charge in [0.15, 0.2) is 0 Å². The SMILES string of the molecule is COc1ccc(OCCNS(=O)(=O)c2c3c(cc4c2OCC4)OCC3)cc1. The largest absolute Gasteiger partial charge is 0.497 e. The van der Waals surface area contributed by atoms with Crippen LogP contribution in [-0.4, -0.2) is 41.9 Å². The van der Waals surface area contributed by atoms with Crippen molar-refractivity contribution < 1.29 is 27.4 Å². The molecule has 0 amide bonds. The van der Waals surface area contributed by atoms with E-state index in [1.165, 1.54) is 0 Å². The summed E-state index contributed by atoms with van der Waals surface area (Å²) < 4.78 is 50.3. The van der Waals surface area contributed by atoms with E-state index in [1.807, 2.05) is 6.07 Å². The van der Waals surface area contributed by atoms with Crippen molar-refractivity contribution in [3.05, 3.63) is 41.5 Å². The molecule has 4 rings (SSSR count). The van der Waals surface area contributed by atoms with Gasteiger partial charge in [0.05, 0.1) is 20.3 Å². The average Bonchev–Trinajstić information content (AvgIpc) is 3.32. The molecule has 2 aromatic carbocycles. The smallest absolute Gasteiger partial charge is 0.244 e. The van der Waals surface area contributed by atoms with Crippen LogP contribution in [0.4, 0.5) is 0 Å². The molecule has 144 valence electrons. The van der Waals surface area contributed by atoms with Gasteiger partial charge in [0, 0.05) is 30.5 Å². The molecule has 0 radical (unpaired) electrons. The van der Waals surface area contributed by atoms with Crippen molar-refractivity contribution in [2.75, 3.05) is 33.5 Å². The van der Waals surface area contributed by atoms with Crippen molar-refractivity contribution >= 4 is 10.0 Å². The molecule has 7 nitrogen and oxygen atoms in total. The van der Waals surface area contributed by atoms with Crippen LogP contribution in [0.25, 0.3) is 0 Å². The highest BCUT2D eigenvalue weighted by atomic mass is 32.2. The Kier molecular flexibility index (Phi) is 4.84. The summed E-state index contributed by atoms with van der Waals surface area (Å²) in [7, 11) is -2.14. The van der Waals surface area contributed by atoms with Gasteiger partial charge in [0.25, 0.3) is 0 Å². The first-order chi connectivity index (χ1) is 13.1. The van der Waals surface area contributed by atoms with Gasteiger partial charge in [-0.05, 0) is 30.3 Å². The summed E-state index contributed by atoms with van der Waals surface area (Å²) in [6.07, 6.45) is 1.25. The predicted octanol–water partition coefficient (Wildman–Crippen LogP) is 1.92. The minimum Gasteiger partial charge on any atom is -0.497 e. The molecule has 0 unspecified atom stereocenters. The number of benzene rings is 2. The summed E-state index contributed by atoms with van der Waals surface area (Å²) >= 11 is 0. The fourth-order valence-electron chi connectivity index (χ4n) is 3.31. The number of rotatable bonds is 7. The molecule has 0 fully saturated rings. The van der Waals surface area contributed by atoms with Gasteiger partial charge in [0.2, 0.25) is 10.0 Å². The van der Waals surface area contributed by atoms with Gasteiger partial charge in [-0.15, -0.1) is 0 Å². The topological polar surface area (TPSA) is 83.1 Å². The lowest BCUT2D eigenvalue weighted by Crippen LogP contribution is -2.29. The maximum atomic E-state index is 12.9. The second-order valence-electron chi connectivity index (χ2n) is 6.29. The van der Waals surface area contributed by atoms with E-state index in [-0.39, 0.29) is 18.0 Å². The number of ether oxygens (including phenoxy) is 4. The fraction of sp³-hybridized carbons (Fsp3) is 0.368. The Labute approximate surface area is 158 Å². The third-order valence-corrected chi connectivity index (χ3v) is 6.15. The highest BCUT2D eigenvalue weighted by Crippen LogP contribution is 2.42. The summed E-state index contributed by atoms with van der Waals surface area (Å²) in [6.45, 7) is 1.33. The molecule has 8 heteroatoms. The molecular weight excluding hydrogens is 370 g/mol. The molecule has 27 heavy (non-hydrogen) atoms. The third-order valence-electron chi connectivity index (χ3n) is 4.59. The van der Waals surface area contributed by atoms with Crippen molar-refractivity contribution in [2.45, 2.75) is 17.7 Å². The maximum Gasteiger partial charge on any atom is 0.244 e. The van der Waals surface area contributed by atoms with Crippen molar-refractivity contribution in [2.24, 2.45) is 0 Å². The van der Waals surface area contributed by atoms with E-state index in [2.05, 4.69) is 4.72 Å². The number of methoxy groups -OCH3 is 1. The third kappa shape index (κ3) is 3.54. The van der Waals surface area contributed by atoms with Crippen molar-refractivity contribution in [3.8, 4) is 23.0 Å². The summed E-state index contributed by atoms with van der Waals surface area (Å²) in [5, 5.41) is 0. The molecule has 0 aromatic heterocycles. The summed E-state index contributed by atoms with van der Waals surface area (Å²) in [4.78, 5) is 0.217. The first kappa shape index (κ1) is 17.9. The number of hydrogen-bond acceptors (Lipinski definition) is 6. The summed E-state index contributed by atoms with van der Waals surface area (Å²) in [5.74, 6) is 2.49. The number of fused-ring (bicyclic) bond motifs is 2. The number of sulfonamides is 1. The highest BCUT2D eigenvalue weighted by molar-refractivity contribution is 7.89. The van der Waals surface area contributed by atoms with E-state index < -0.39 is 10.0 Å². The van der Waals surface area contributed by atoms with Crippen LogP contribution in [0.2, 0.25) is 0 Å². The quantitative estimate of drug-likeness (QED) is 0.726. The zero-order chi connectivity index (χ0) is 18.9. The molecule has 0 saturated heterocycles. The normalized spacial score (nSPS) is 14.9. The molecule has 2 heterocycles. The molecular formula is C19H21NO6S. The lowest BCUT2D eigenvalue weighted by atomic mass is 10.1. The molecule has 0 spiro atoms. The molecule has 0 saturated carbocycles. The Balaban J connectivity index is 1.45. The van der Waals surface area contributed by atoms with Crippen LogP contribution in [0.15, 0.2) is 35.2 Å². The fourth-order valence-corrected chi connectivity index (χ4v) is 4.77. The Morgan fingerprint density at radius 3 is 2.59 bits per heavy atom. The summed E-state index contributed by atoms with van der Waals surface area (Å²) in [6, 6.07) is 9.02. The zero-order valence-corrected chi connectivity index (χ0v) is 15.8. The highest BCUT2D eigenvalue weighted by Gasteiger charge is 2.33. The first-order valence-electron chi connectivity index (χ1n) is 8.79. The van der Waals surface area contributed by atoms with E-state index in [1.54, 1.807) is 31.4 Å². The Morgan fingerprint density at radius 1 is 1.07 bits per heavy atom. The Hall–Kier alpha value is -2.45. The molecule has 0 bridgehead atoms. The maximum absolute atomic E-state index is 12.9. The van der Waals surface area contributed by atoms with Gasteiger partial charge in [-0.3, -0.25) is 0 Å².